The molecule has 2 N–H and O–H groups in total. The van der Waals surface area contributed by atoms with E-state index in [1.807, 2.05) is 43.0 Å². The lowest BCUT2D eigenvalue weighted by Gasteiger charge is -2.39. The smallest absolute Gasteiger partial charge is 0.230 e. The van der Waals surface area contributed by atoms with Gasteiger partial charge in [0.1, 0.15) is 5.75 Å². The van der Waals surface area contributed by atoms with Crippen molar-refractivity contribution in [1.29, 1.82) is 0 Å². The lowest BCUT2D eigenvalue weighted by Crippen LogP contribution is -2.52. The van der Waals surface area contributed by atoms with Crippen LogP contribution in [0.1, 0.15) is 44.6 Å². The minimum atomic E-state index is -0.143. The number of methoxy groups -OCH3 is 1. The van der Waals surface area contributed by atoms with Gasteiger partial charge in [0.15, 0.2) is 0 Å². The topological polar surface area (TPSA) is 55.6 Å². The van der Waals surface area contributed by atoms with Crippen molar-refractivity contribution in [2.24, 2.45) is 5.73 Å². The van der Waals surface area contributed by atoms with Gasteiger partial charge in [-0.3, -0.25) is 4.79 Å². The summed E-state index contributed by atoms with van der Waals surface area (Å²) in [5.41, 5.74) is 7.08. The van der Waals surface area contributed by atoms with Gasteiger partial charge in [0.2, 0.25) is 5.91 Å². The number of ether oxygens (including phenoxy) is 1. The molecule has 1 amide bonds. The van der Waals surface area contributed by atoms with E-state index in [4.69, 9.17) is 10.5 Å². The summed E-state index contributed by atoms with van der Waals surface area (Å²) in [5, 5.41) is 0. The van der Waals surface area contributed by atoms with Crippen LogP contribution in [0.15, 0.2) is 24.3 Å². The molecular formula is C17H26N2O2. The summed E-state index contributed by atoms with van der Waals surface area (Å²) in [7, 11) is 1.64. The van der Waals surface area contributed by atoms with Crippen molar-refractivity contribution in [3.8, 4) is 5.75 Å². The van der Waals surface area contributed by atoms with Gasteiger partial charge >= 0.3 is 0 Å². The van der Waals surface area contributed by atoms with Gasteiger partial charge in [0.05, 0.1) is 13.0 Å². The fraction of sp³-hybridized carbons (Fsp3) is 0.588. The van der Waals surface area contributed by atoms with E-state index in [1.54, 1.807) is 7.11 Å². The Morgan fingerprint density at radius 1 is 1.29 bits per heavy atom. The van der Waals surface area contributed by atoms with Gasteiger partial charge in [-0.2, -0.15) is 0 Å². The Labute approximate surface area is 127 Å². The number of nitrogens with two attached hydrogens (primary N) is 1. The van der Waals surface area contributed by atoms with Crippen LogP contribution in [0.25, 0.3) is 0 Å². The van der Waals surface area contributed by atoms with Gasteiger partial charge in [-0.1, -0.05) is 12.1 Å². The summed E-state index contributed by atoms with van der Waals surface area (Å²) in [6.45, 7) is 4.79. The summed E-state index contributed by atoms with van der Waals surface area (Å²) >= 11 is 0. The first kappa shape index (κ1) is 15.8. The van der Waals surface area contributed by atoms with Gasteiger partial charge in [0.25, 0.3) is 0 Å². The fourth-order valence-corrected chi connectivity index (χ4v) is 3.06. The number of carbonyl (C=O) groups excluding carboxylic acids is 1. The molecule has 0 saturated carbocycles. The molecule has 0 aliphatic carbocycles. The molecule has 4 nitrogen and oxygen atoms in total. The van der Waals surface area contributed by atoms with E-state index in [9.17, 15) is 4.79 Å². The number of amides is 1. The molecule has 1 aliphatic rings. The van der Waals surface area contributed by atoms with E-state index in [2.05, 4.69) is 0 Å². The van der Waals surface area contributed by atoms with E-state index < -0.39 is 0 Å². The summed E-state index contributed by atoms with van der Waals surface area (Å²) in [4.78, 5) is 14.8. The molecule has 0 aromatic heterocycles. The molecule has 21 heavy (non-hydrogen) atoms. The fourth-order valence-electron chi connectivity index (χ4n) is 3.06. The number of piperidine rings is 1. The van der Waals surface area contributed by atoms with Gasteiger partial charge in [0, 0.05) is 18.6 Å². The molecule has 0 radical (unpaired) electrons. The molecule has 2 rings (SSSR count). The van der Waals surface area contributed by atoms with E-state index >= 15 is 0 Å². The van der Waals surface area contributed by atoms with Crippen LogP contribution in [0.2, 0.25) is 0 Å². The zero-order valence-corrected chi connectivity index (χ0v) is 13.2. The maximum atomic E-state index is 12.8. The van der Waals surface area contributed by atoms with Gasteiger partial charge < -0.3 is 15.4 Å². The van der Waals surface area contributed by atoms with Crippen molar-refractivity contribution < 1.29 is 9.53 Å². The van der Waals surface area contributed by atoms with Gasteiger partial charge in [-0.05, 0) is 50.8 Å². The number of hydrogen-bond donors (Lipinski definition) is 1. The second-order valence-electron chi connectivity index (χ2n) is 5.95. The maximum Gasteiger partial charge on any atom is 0.230 e. The largest absolute Gasteiger partial charge is 0.497 e. The first-order valence-electron chi connectivity index (χ1n) is 7.74. The zero-order valence-electron chi connectivity index (χ0n) is 13.2. The molecule has 3 atom stereocenters. The number of rotatable bonds is 4. The van der Waals surface area contributed by atoms with E-state index in [1.165, 1.54) is 0 Å². The highest BCUT2D eigenvalue weighted by Crippen LogP contribution is 2.26. The second kappa shape index (κ2) is 6.94. The number of hydrogen-bond acceptors (Lipinski definition) is 3. The predicted octanol–water partition coefficient (Wildman–Crippen LogP) is 2.53. The number of carbonyl (C=O) groups is 1. The van der Waals surface area contributed by atoms with Crippen LogP contribution in [-0.4, -0.2) is 36.5 Å². The Hall–Kier alpha value is -1.55. The summed E-state index contributed by atoms with van der Waals surface area (Å²) in [6, 6.07) is 7.93. The quantitative estimate of drug-likeness (QED) is 0.927. The Bertz CT molecular complexity index is 470. The number of benzene rings is 1. The van der Waals surface area contributed by atoms with E-state index in [0.717, 1.165) is 37.1 Å². The van der Waals surface area contributed by atoms with Crippen LogP contribution < -0.4 is 10.5 Å². The Morgan fingerprint density at radius 2 is 1.95 bits per heavy atom. The van der Waals surface area contributed by atoms with Crippen LogP contribution in [0.4, 0.5) is 0 Å². The molecule has 1 aromatic rings. The molecule has 0 bridgehead atoms. The standard InChI is InChI=1S/C17H26N2O2/c1-12(14-7-9-15(21-3)10-8-14)17(20)19-11-5-4-6-16(19)13(2)18/h7-10,12-13,16H,4-6,11,18H2,1-3H3. The van der Waals surface area contributed by atoms with Crippen molar-refractivity contribution in [1.82, 2.24) is 4.90 Å². The van der Waals surface area contributed by atoms with Crippen molar-refractivity contribution in [3.63, 3.8) is 0 Å². The van der Waals surface area contributed by atoms with Crippen LogP contribution in [-0.2, 0) is 4.79 Å². The summed E-state index contributed by atoms with van der Waals surface area (Å²) in [6.07, 6.45) is 3.25. The molecule has 1 heterocycles. The molecule has 1 aromatic carbocycles. The highest BCUT2D eigenvalue weighted by Gasteiger charge is 2.32. The normalized spacial score (nSPS) is 21.7. The molecule has 1 aliphatic heterocycles. The first-order valence-corrected chi connectivity index (χ1v) is 7.74. The predicted molar refractivity (Wildman–Crippen MR) is 84.4 cm³/mol. The Morgan fingerprint density at radius 3 is 2.52 bits per heavy atom. The first-order chi connectivity index (χ1) is 10.0. The number of nitrogens with zero attached hydrogens (tertiary/aromatic N) is 1. The monoisotopic (exact) mass is 290 g/mol. The third kappa shape index (κ3) is 3.56. The highest BCUT2D eigenvalue weighted by atomic mass is 16.5. The van der Waals surface area contributed by atoms with Gasteiger partial charge in [-0.25, -0.2) is 0 Å². The third-order valence-corrected chi connectivity index (χ3v) is 4.43. The zero-order chi connectivity index (χ0) is 15.4. The van der Waals surface area contributed by atoms with Crippen molar-refractivity contribution in [2.45, 2.75) is 51.1 Å². The summed E-state index contributed by atoms with van der Waals surface area (Å²) < 4.78 is 5.16. The van der Waals surface area contributed by atoms with Crippen molar-refractivity contribution in [2.75, 3.05) is 13.7 Å². The average molecular weight is 290 g/mol. The van der Waals surface area contributed by atoms with Gasteiger partial charge in [-0.15, -0.1) is 0 Å². The molecule has 0 spiro atoms. The molecule has 1 fully saturated rings. The molecule has 1 saturated heterocycles. The van der Waals surface area contributed by atoms with E-state index in [0.29, 0.717) is 0 Å². The Balaban J connectivity index is 2.12. The Kier molecular flexibility index (Phi) is 5.23. The minimum absolute atomic E-state index is 0.0253. The SMILES string of the molecule is COc1ccc(C(C)C(=O)N2CCCCC2C(C)N)cc1. The van der Waals surface area contributed by atoms with Crippen LogP contribution in [0.3, 0.4) is 0 Å². The highest BCUT2D eigenvalue weighted by molar-refractivity contribution is 5.83. The average Bonchev–Trinajstić information content (AvgIpc) is 2.53. The lowest BCUT2D eigenvalue weighted by atomic mass is 9.93. The van der Waals surface area contributed by atoms with Crippen molar-refractivity contribution >= 4 is 5.91 Å². The molecule has 116 valence electrons. The molecule has 3 unspecified atom stereocenters. The maximum absolute atomic E-state index is 12.8. The number of likely N-dealkylation sites (tertiary alicyclic amines) is 1. The summed E-state index contributed by atoms with van der Waals surface area (Å²) in [5.74, 6) is 0.849. The van der Waals surface area contributed by atoms with Crippen LogP contribution >= 0.6 is 0 Å². The third-order valence-electron chi connectivity index (χ3n) is 4.43. The van der Waals surface area contributed by atoms with Crippen LogP contribution in [0, 0.1) is 0 Å². The van der Waals surface area contributed by atoms with Crippen LogP contribution in [0.5, 0.6) is 5.75 Å². The lowest BCUT2D eigenvalue weighted by molar-refractivity contribution is -0.136. The van der Waals surface area contributed by atoms with Crippen molar-refractivity contribution in [3.05, 3.63) is 29.8 Å². The minimum Gasteiger partial charge on any atom is -0.497 e. The van der Waals surface area contributed by atoms with E-state index in [-0.39, 0.29) is 23.9 Å². The second-order valence-corrected chi connectivity index (χ2v) is 5.95. The molecule has 4 heteroatoms. The molecular weight excluding hydrogens is 264 g/mol.